The minimum atomic E-state index is -0.108. The minimum absolute atomic E-state index is 0.0741. The van der Waals surface area contributed by atoms with Gasteiger partial charge < -0.3 is 16.0 Å². The Hall–Kier alpha value is -1.88. The average Bonchev–Trinajstić information content (AvgIpc) is 2.60. The van der Waals surface area contributed by atoms with Crippen molar-refractivity contribution in [3.8, 4) is 0 Å². The van der Waals surface area contributed by atoms with E-state index in [9.17, 15) is 9.59 Å². The Morgan fingerprint density at radius 3 is 2.48 bits per heavy atom. The van der Waals surface area contributed by atoms with Crippen LogP contribution in [0.3, 0.4) is 0 Å². The monoisotopic (exact) mass is 317 g/mol. The number of benzene rings is 1. The van der Waals surface area contributed by atoms with Gasteiger partial charge in [-0.2, -0.15) is 0 Å². The largest absolute Gasteiger partial charge is 0.354 e. The van der Waals surface area contributed by atoms with Crippen LogP contribution in [-0.4, -0.2) is 38.0 Å². The van der Waals surface area contributed by atoms with Crippen molar-refractivity contribution in [1.82, 2.24) is 16.0 Å². The van der Waals surface area contributed by atoms with Crippen molar-refractivity contribution in [2.45, 2.75) is 26.2 Å². The molecule has 1 heterocycles. The Bertz CT molecular complexity index is 498. The van der Waals surface area contributed by atoms with Crippen molar-refractivity contribution in [3.63, 3.8) is 0 Å². The fourth-order valence-corrected chi connectivity index (χ4v) is 3.01. The Morgan fingerprint density at radius 2 is 1.78 bits per heavy atom. The first-order valence-corrected chi connectivity index (χ1v) is 8.47. The molecular weight excluding hydrogens is 290 g/mol. The molecule has 1 saturated heterocycles. The van der Waals surface area contributed by atoms with Crippen LogP contribution in [0.15, 0.2) is 30.3 Å². The van der Waals surface area contributed by atoms with Gasteiger partial charge in [-0.3, -0.25) is 9.59 Å². The molecule has 0 bridgehead atoms. The Morgan fingerprint density at radius 1 is 1.13 bits per heavy atom. The molecule has 126 valence electrons. The second-order valence-corrected chi connectivity index (χ2v) is 6.24. The van der Waals surface area contributed by atoms with E-state index in [0.717, 1.165) is 25.9 Å². The summed E-state index contributed by atoms with van der Waals surface area (Å²) in [6.07, 6.45) is 2.88. The van der Waals surface area contributed by atoms with Crippen LogP contribution in [0.25, 0.3) is 0 Å². The number of rotatable bonds is 7. The zero-order valence-corrected chi connectivity index (χ0v) is 13.8. The normalized spacial score (nSPS) is 16.6. The van der Waals surface area contributed by atoms with E-state index >= 15 is 0 Å². The van der Waals surface area contributed by atoms with Gasteiger partial charge in [0.15, 0.2) is 0 Å². The van der Waals surface area contributed by atoms with E-state index in [4.69, 9.17) is 0 Å². The molecule has 5 nitrogen and oxygen atoms in total. The maximum absolute atomic E-state index is 12.0. The van der Waals surface area contributed by atoms with Crippen molar-refractivity contribution in [1.29, 1.82) is 0 Å². The van der Waals surface area contributed by atoms with Crippen LogP contribution in [0.5, 0.6) is 0 Å². The van der Waals surface area contributed by atoms with E-state index in [1.165, 1.54) is 0 Å². The topological polar surface area (TPSA) is 70.2 Å². The zero-order valence-electron chi connectivity index (χ0n) is 13.8. The summed E-state index contributed by atoms with van der Waals surface area (Å²) in [5.41, 5.74) is 0.637. The lowest BCUT2D eigenvalue weighted by Crippen LogP contribution is -2.36. The molecule has 0 spiro atoms. The molecule has 5 heteroatoms. The van der Waals surface area contributed by atoms with Gasteiger partial charge in [-0.15, -0.1) is 0 Å². The highest BCUT2D eigenvalue weighted by atomic mass is 16.2. The molecule has 1 aliphatic heterocycles. The van der Waals surface area contributed by atoms with E-state index in [-0.39, 0.29) is 11.8 Å². The summed E-state index contributed by atoms with van der Waals surface area (Å²) in [5, 5.41) is 9.05. The molecule has 1 aliphatic rings. The van der Waals surface area contributed by atoms with E-state index in [1.54, 1.807) is 12.1 Å². The zero-order chi connectivity index (χ0) is 16.5. The van der Waals surface area contributed by atoms with Gasteiger partial charge >= 0.3 is 0 Å². The predicted molar refractivity (Wildman–Crippen MR) is 91.2 cm³/mol. The molecule has 3 N–H and O–H groups in total. The number of hydrogen-bond acceptors (Lipinski definition) is 3. The molecular formula is C18H27N3O2. The van der Waals surface area contributed by atoms with Crippen LogP contribution in [-0.2, 0) is 4.79 Å². The predicted octanol–water partition coefficient (Wildman–Crippen LogP) is 1.56. The molecule has 0 saturated carbocycles. The van der Waals surface area contributed by atoms with Gasteiger partial charge in [-0.05, 0) is 49.9 Å². The van der Waals surface area contributed by atoms with Crippen LogP contribution in [0.4, 0.5) is 0 Å². The molecule has 23 heavy (non-hydrogen) atoms. The summed E-state index contributed by atoms with van der Waals surface area (Å²) in [7, 11) is 0. The van der Waals surface area contributed by atoms with Gasteiger partial charge in [-0.1, -0.05) is 25.1 Å². The van der Waals surface area contributed by atoms with Crippen molar-refractivity contribution < 1.29 is 9.59 Å². The quantitative estimate of drug-likeness (QED) is 0.668. The van der Waals surface area contributed by atoms with Crippen molar-refractivity contribution in [3.05, 3.63) is 35.9 Å². The van der Waals surface area contributed by atoms with Gasteiger partial charge in [0, 0.05) is 25.1 Å². The highest BCUT2D eigenvalue weighted by Gasteiger charge is 2.21. The summed E-state index contributed by atoms with van der Waals surface area (Å²) in [4.78, 5) is 23.8. The van der Waals surface area contributed by atoms with Crippen LogP contribution in [0, 0.1) is 11.8 Å². The summed E-state index contributed by atoms with van der Waals surface area (Å²) < 4.78 is 0. The first-order chi connectivity index (χ1) is 11.2. The number of piperidine rings is 1. The number of carbonyl (C=O) groups excluding carboxylic acids is 2. The molecule has 1 atom stereocenters. The van der Waals surface area contributed by atoms with E-state index in [2.05, 4.69) is 22.9 Å². The highest BCUT2D eigenvalue weighted by molar-refractivity contribution is 5.94. The van der Waals surface area contributed by atoms with E-state index < -0.39 is 0 Å². The smallest absolute Gasteiger partial charge is 0.251 e. The Labute approximate surface area is 138 Å². The number of carbonyl (C=O) groups is 2. The number of amides is 2. The van der Waals surface area contributed by atoms with Gasteiger partial charge in [0.25, 0.3) is 5.91 Å². The highest BCUT2D eigenvalue weighted by Crippen LogP contribution is 2.23. The fourth-order valence-electron chi connectivity index (χ4n) is 3.01. The summed E-state index contributed by atoms with van der Waals surface area (Å²) in [6, 6.07) is 9.08. The average molecular weight is 317 g/mol. The maximum Gasteiger partial charge on any atom is 0.251 e. The van der Waals surface area contributed by atoms with E-state index in [0.29, 0.717) is 36.9 Å². The second-order valence-electron chi connectivity index (χ2n) is 6.24. The first kappa shape index (κ1) is 17.5. The first-order valence-electron chi connectivity index (χ1n) is 8.47. The molecule has 0 radical (unpaired) electrons. The molecule has 2 amide bonds. The standard InChI is InChI=1S/C18H27N3O2/c1-14(15-7-9-19-10-8-15)13-17(22)20-11-12-21-18(23)16-5-3-2-4-6-16/h2-6,14-15,19H,7-13H2,1H3,(H,20,22)(H,21,23). The minimum Gasteiger partial charge on any atom is -0.354 e. The van der Waals surface area contributed by atoms with Gasteiger partial charge in [0.1, 0.15) is 0 Å². The molecule has 1 fully saturated rings. The molecule has 1 aromatic carbocycles. The second kappa shape index (κ2) is 9.30. The fraction of sp³-hybridized carbons (Fsp3) is 0.556. The lowest BCUT2D eigenvalue weighted by molar-refractivity contribution is -0.122. The van der Waals surface area contributed by atoms with Crippen molar-refractivity contribution in [2.75, 3.05) is 26.2 Å². The molecule has 2 rings (SSSR count). The molecule has 1 unspecified atom stereocenters. The molecule has 1 aromatic rings. The van der Waals surface area contributed by atoms with Crippen LogP contribution in [0.2, 0.25) is 0 Å². The van der Waals surface area contributed by atoms with E-state index in [1.807, 2.05) is 18.2 Å². The third-order valence-electron chi connectivity index (χ3n) is 4.46. The number of nitrogens with one attached hydrogen (secondary N) is 3. The van der Waals surface area contributed by atoms with Gasteiger partial charge in [0.05, 0.1) is 0 Å². The third kappa shape index (κ3) is 6.02. The summed E-state index contributed by atoms with van der Waals surface area (Å²) in [5.74, 6) is 1.02. The van der Waals surface area contributed by atoms with Crippen molar-refractivity contribution >= 4 is 11.8 Å². The Balaban J connectivity index is 1.60. The van der Waals surface area contributed by atoms with Crippen LogP contribution < -0.4 is 16.0 Å². The third-order valence-corrected chi connectivity index (χ3v) is 4.46. The lowest BCUT2D eigenvalue weighted by Gasteiger charge is -2.27. The van der Waals surface area contributed by atoms with Gasteiger partial charge in [-0.25, -0.2) is 0 Å². The van der Waals surface area contributed by atoms with Crippen LogP contribution >= 0.6 is 0 Å². The molecule has 0 aliphatic carbocycles. The van der Waals surface area contributed by atoms with Gasteiger partial charge in [0.2, 0.25) is 5.91 Å². The summed E-state index contributed by atoms with van der Waals surface area (Å²) in [6.45, 7) is 5.19. The number of hydrogen-bond donors (Lipinski definition) is 3. The SMILES string of the molecule is CC(CC(=O)NCCNC(=O)c1ccccc1)C1CCNCC1. The van der Waals surface area contributed by atoms with Crippen LogP contribution in [0.1, 0.15) is 36.5 Å². The molecule has 0 aromatic heterocycles. The Kier molecular flexibility index (Phi) is 7.07. The van der Waals surface area contributed by atoms with Crippen molar-refractivity contribution in [2.24, 2.45) is 11.8 Å². The lowest BCUT2D eigenvalue weighted by atomic mass is 9.84. The maximum atomic E-state index is 12.0. The summed E-state index contributed by atoms with van der Waals surface area (Å²) >= 11 is 0.